The molecule has 4 amide bonds. The van der Waals surface area contributed by atoms with Crippen molar-refractivity contribution in [3.63, 3.8) is 0 Å². The van der Waals surface area contributed by atoms with E-state index in [1.165, 1.54) is 0 Å². The van der Waals surface area contributed by atoms with Gasteiger partial charge < -0.3 is 45.0 Å². The van der Waals surface area contributed by atoms with Crippen molar-refractivity contribution in [3.05, 3.63) is 96.4 Å². The molecule has 370 valence electrons. The number of nitrogens with two attached hydrogens (primary N) is 1. The zero-order valence-electron chi connectivity index (χ0n) is 39.3. The van der Waals surface area contributed by atoms with Crippen molar-refractivity contribution < 1.29 is 43.2 Å². The third kappa shape index (κ3) is 11.4. The number of benzene rings is 3. The molecule has 2 saturated heterocycles. The number of para-hydroxylation sites is 1. The monoisotopic (exact) mass is 958 g/mol. The number of fused-ring (bicyclic) bond motifs is 2. The van der Waals surface area contributed by atoms with E-state index in [0.29, 0.717) is 68.8 Å². The van der Waals surface area contributed by atoms with Crippen LogP contribution in [0.15, 0.2) is 85.3 Å². The van der Waals surface area contributed by atoms with Crippen LogP contribution < -0.4 is 26.4 Å². The number of nitrogens with zero attached hydrogens (tertiary/aromatic N) is 6. The molecule has 3 aromatic carbocycles. The third-order valence-electron chi connectivity index (χ3n) is 13.7. The van der Waals surface area contributed by atoms with E-state index >= 15 is 0 Å². The first kappa shape index (κ1) is 48.5. The van der Waals surface area contributed by atoms with Gasteiger partial charge in [-0.05, 0) is 68.0 Å². The number of carbonyl (C=O) groups is 4. The van der Waals surface area contributed by atoms with Crippen LogP contribution in [0.25, 0.3) is 22.2 Å². The molecular weight excluding hydrogens is 897 g/mol. The lowest BCUT2D eigenvalue weighted by Gasteiger charge is -2.42. The van der Waals surface area contributed by atoms with Crippen molar-refractivity contribution in [1.82, 2.24) is 39.9 Å². The number of nitrogen functional groups attached to an aromatic ring is 1. The molecule has 1 saturated carbocycles. The van der Waals surface area contributed by atoms with E-state index in [9.17, 15) is 24.3 Å². The number of anilines is 2. The van der Waals surface area contributed by atoms with Crippen LogP contribution in [0.2, 0.25) is 0 Å². The number of carbonyl (C=O) groups excluding carboxylic acids is 4. The number of rotatable bonds is 21. The average Bonchev–Trinajstić information content (AvgIpc) is 3.89. The standard InChI is InChI=1S/C51H62N10O9/c52-47-46-40(34-9-15-38(16-10-34)70-37-5-2-1-3-6-37)32-60(48(46)56-33-55-47)36-13-11-35(12-14-36)59-22-20-58(21-23-59)24-26-68-28-30-69-29-27-67-25-19-53-44(63)31-54-41-8-4-7-39-45(41)51(66)61(50(39)65)42-17-18-43(62)57-49(42)64/h1-10,15-16,32-33,35-36,42,50,54,65H,11-14,17-31H2,(H,53,63)(H2,52,55,56)(H,57,62,64)/t35-,36+,42?,50?. The van der Waals surface area contributed by atoms with E-state index in [4.69, 9.17) is 29.7 Å². The molecule has 2 unspecified atom stereocenters. The van der Waals surface area contributed by atoms with Crippen molar-refractivity contribution in [2.45, 2.75) is 62.9 Å². The summed E-state index contributed by atoms with van der Waals surface area (Å²) in [5.74, 6) is 0.170. The van der Waals surface area contributed by atoms with Gasteiger partial charge in [0.25, 0.3) is 5.91 Å². The zero-order valence-corrected chi connectivity index (χ0v) is 39.3. The lowest BCUT2D eigenvalue weighted by Crippen LogP contribution is -2.53. The number of piperazine rings is 1. The van der Waals surface area contributed by atoms with E-state index in [1.54, 1.807) is 24.5 Å². The van der Waals surface area contributed by atoms with Crippen LogP contribution >= 0.6 is 0 Å². The molecule has 0 spiro atoms. The van der Waals surface area contributed by atoms with Crippen molar-refractivity contribution in [2.75, 3.05) is 96.5 Å². The number of aliphatic hydroxyl groups excluding tert-OH is 1. The summed E-state index contributed by atoms with van der Waals surface area (Å²) < 4.78 is 25.5. The Hall–Kier alpha value is -6.48. The average molecular weight is 959 g/mol. The molecule has 3 aliphatic heterocycles. The minimum Gasteiger partial charge on any atom is -0.457 e. The highest BCUT2D eigenvalue weighted by molar-refractivity contribution is 6.08. The summed E-state index contributed by atoms with van der Waals surface area (Å²) in [6.07, 6.45) is 7.07. The highest BCUT2D eigenvalue weighted by Crippen LogP contribution is 2.41. The smallest absolute Gasteiger partial charge is 0.259 e. The molecule has 3 fully saturated rings. The summed E-state index contributed by atoms with van der Waals surface area (Å²) in [5.41, 5.74) is 10.3. The number of aromatic nitrogens is 3. The molecule has 6 N–H and O–H groups in total. The number of hydrogen-bond acceptors (Lipinski definition) is 15. The number of hydrogen-bond donors (Lipinski definition) is 5. The maximum Gasteiger partial charge on any atom is 0.259 e. The summed E-state index contributed by atoms with van der Waals surface area (Å²) in [4.78, 5) is 65.2. The van der Waals surface area contributed by atoms with E-state index in [1.807, 2.05) is 42.5 Å². The van der Waals surface area contributed by atoms with E-state index in [0.717, 1.165) is 97.0 Å². The third-order valence-corrected chi connectivity index (χ3v) is 13.7. The van der Waals surface area contributed by atoms with Crippen molar-refractivity contribution in [3.8, 4) is 22.6 Å². The van der Waals surface area contributed by atoms with Crippen molar-refractivity contribution >= 4 is 46.2 Å². The summed E-state index contributed by atoms with van der Waals surface area (Å²) in [6, 6.07) is 22.7. The Kier molecular flexibility index (Phi) is 15.9. The lowest BCUT2D eigenvalue weighted by molar-refractivity contribution is -0.139. The van der Waals surface area contributed by atoms with Gasteiger partial charge in [-0.2, -0.15) is 0 Å². The fourth-order valence-corrected chi connectivity index (χ4v) is 10.0. The second kappa shape index (κ2) is 23.0. The Labute approximate surface area is 406 Å². The number of amides is 4. The molecule has 19 heteroatoms. The van der Waals surface area contributed by atoms with Gasteiger partial charge in [-0.3, -0.25) is 39.2 Å². The molecule has 1 aliphatic carbocycles. The van der Waals surface area contributed by atoms with Gasteiger partial charge in [0, 0.05) is 80.8 Å². The SMILES string of the molecule is Nc1ncnc2c1c(-c1ccc(Oc3ccccc3)cc1)cn2[C@H]1CC[C@@H](N2CCN(CCOCCOCCOCCNC(=O)CNc3cccc4c3C(=O)N(C3CCC(=O)NC3=O)C4O)CC2)CC1. The predicted octanol–water partition coefficient (Wildman–Crippen LogP) is 4.10. The van der Waals surface area contributed by atoms with Crippen LogP contribution in [0.1, 0.15) is 66.7 Å². The lowest BCUT2D eigenvalue weighted by atomic mass is 9.89. The number of ether oxygens (including phenoxy) is 4. The van der Waals surface area contributed by atoms with Gasteiger partial charge in [0.05, 0.1) is 57.1 Å². The molecular formula is C51H62N10O9. The Morgan fingerprint density at radius 2 is 1.49 bits per heavy atom. The summed E-state index contributed by atoms with van der Waals surface area (Å²) in [6.45, 7) is 7.93. The second-order valence-corrected chi connectivity index (χ2v) is 18.1. The number of aliphatic hydroxyl groups is 1. The van der Waals surface area contributed by atoms with Crippen molar-refractivity contribution in [1.29, 1.82) is 0 Å². The van der Waals surface area contributed by atoms with Crippen LogP contribution in [-0.2, 0) is 28.6 Å². The minimum absolute atomic E-state index is 0.0707. The summed E-state index contributed by atoms with van der Waals surface area (Å²) >= 11 is 0. The zero-order chi connectivity index (χ0) is 48.4. The molecule has 4 aliphatic rings. The van der Waals surface area contributed by atoms with Gasteiger partial charge in [0.15, 0.2) is 6.23 Å². The highest BCUT2D eigenvalue weighted by Gasteiger charge is 2.45. The molecule has 5 aromatic rings. The number of nitrogens with one attached hydrogen (secondary N) is 3. The first-order valence-electron chi connectivity index (χ1n) is 24.3. The Balaban J connectivity index is 0.605. The Bertz CT molecular complexity index is 2600. The van der Waals surface area contributed by atoms with Gasteiger partial charge >= 0.3 is 0 Å². The molecule has 5 heterocycles. The predicted molar refractivity (Wildman–Crippen MR) is 261 cm³/mol. The molecule has 0 radical (unpaired) electrons. The van der Waals surface area contributed by atoms with Gasteiger partial charge in [-0.25, -0.2) is 9.97 Å². The highest BCUT2D eigenvalue weighted by atomic mass is 16.5. The maximum atomic E-state index is 13.3. The molecule has 70 heavy (non-hydrogen) atoms. The molecule has 0 bridgehead atoms. The summed E-state index contributed by atoms with van der Waals surface area (Å²) in [5, 5.41) is 19.7. The normalized spacial score (nSPS) is 20.9. The van der Waals surface area contributed by atoms with Crippen LogP contribution in [0, 0.1) is 0 Å². The topological polar surface area (TPSA) is 228 Å². The van der Waals surface area contributed by atoms with E-state index < -0.39 is 30.0 Å². The quantitative estimate of drug-likeness (QED) is 0.0516. The minimum atomic E-state index is -1.34. The Morgan fingerprint density at radius 3 is 2.23 bits per heavy atom. The van der Waals surface area contributed by atoms with Crippen LogP contribution in [-0.4, -0.2) is 156 Å². The second-order valence-electron chi connectivity index (χ2n) is 18.1. The first-order valence-corrected chi connectivity index (χ1v) is 24.3. The molecule has 9 rings (SSSR count). The van der Waals surface area contributed by atoms with E-state index in [2.05, 4.69) is 53.6 Å². The number of imide groups is 1. The molecule has 2 atom stereocenters. The first-order chi connectivity index (χ1) is 34.2. The van der Waals surface area contributed by atoms with Crippen molar-refractivity contribution in [2.24, 2.45) is 0 Å². The molecule has 2 aromatic heterocycles. The van der Waals surface area contributed by atoms with Gasteiger partial charge in [-0.1, -0.05) is 42.5 Å². The number of piperidine rings is 1. The Morgan fingerprint density at radius 1 is 0.786 bits per heavy atom. The van der Waals surface area contributed by atoms with Crippen LogP contribution in [0.4, 0.5) is 11.5 Å². The maximum absolute atomic E-state index is 13.3. The van der Waals surface area contributed by atoms with E-state index in [-0.39, 0.29) is 37.4 Å². The summed E-state index contributed by atoms with van der Waals surface area (Å²) in [7, 11) is 0. The fourth-order valence-electron chi connectivity index (χ4n) is 10.0. The van der Waals surface area contributed by atoms with Gasteiger partial charge in [-0.15, -0.1) is 0 Å². The molecule has 19 nitrogen and oxygen atoms in total. The largest absolute Gasteiger partial charge is 0.457 e. The van der Waals surface area contributed by atoms with Crippen LogP contribution in [0.5, 0.6) is 11.5 Å². The van der Waals surface area contributed by atoms with Gasteiger partial charge in [0.1, 0.15) is 35.3 Å². The van der Waals surface area contributed by atoms with Crippen LogP contribution in [0.3, 0.4) is 0 Å². The van der Waals surface area contributed by atoms with Gasteiger partial charge in [0.2, 0.25) is 17.7 Å². The fraction of sp³-hybridized carbons (Fsp3) is 0.451.